The fourth-order valence-corrected chi connectivity index (χ4v) is 2.87. The van der Waals surface area contributed by atoms with Crippen molar-refractivity contribution in [3.8, 4) is 11.5 Å². The van der Waals surface area contributed by atoms with Crippen LogP contribution >= 0.6 is 11.6 Å². The first-order valence-corrected chi connectivity index (χ1v) is 9.27. The molecule has 0 heterocycles. The number of phenols is 2. The number of aromatic hydroxyl groups is 2. The van der Waals surface area contributed by atoms with Gasteiger partial charge in [-0.25, -0.2) is 0 Å². The lowest BCUT2D eigenvalue weighted by Crippen LogP contribution is -2.37. The molecule has 0 saturated carbocycles. The number of halogens is 1. The average molecular weight is 407 g/mol. The summed E-state index contributed by atoms with van der Waals surface area (Å²) in [5, 5.41) is 34.4. The second kappa shape index (κ2) is 10.5. The zero-order valence-corrected chi connectivity index (χ0v) is 15.9. The molecule has 5 N–H and O–H groups in total. The van der Waals surface area contributed by atoms with Crippen molar-refractivity contribution in [2.45, 2.75) is 25.3 Å². The number of benzene rings is 2. The number of rotatable bonds is 9. The Balaban J connectivity index is 1.75. The van der Waals surface area contributed by atoms with E-state index in [4.69, 9.17) is 11.6 Å². The maximum Gasteiger partial charge on any atom is 0.255 e. The second-order valence-corrected chi connectivity index (χ2v) is 6.66. The van der Waals surface area contributed by atoms with Crippen LogP contribution in [0.25, 0.3) is 0 Å². The van der Waals surface area contributed by atoms with Gasteiger partial charge in [0.15, 0.2) is 11.5 Å². The lowest BCUT2D eigenvalue weighted by atomic mass is 10.1. The van der Waals surface area contributed by atoms with Crippen molar-refractivity contribution in [2.75, 3.05) is 13.2 Å². The molecule has 0 unspecified atom stereocenters. The summed E-state index contributed by atoms with van der Waals surface area (Å²) in [5.41, 5.74) is 0.348. The van der Waals surface area contributed by atoms with E-state index in [1.165, 1.54) is 18.2 Å². The van der Waals surface area contributed by atoms with E-state index in [1.807, 2.05) is 0 Å². The maximum absolute atomic E-state index is 12.2. The maximum atomic E-state index is 12.2. The first-order chi connectivity index (χ1) is 13.4. The topological polar surface area (TPSA) is 119 Å². The van der Waals surface area contributed by atoms with Crippen LogP contribution in [0.2, 0.25) is 5.02 Å². The molecule has 2 aromatic rings. The predicted molar refractivity (Wildman–Crippen MR) is 106 cm³/mol. The van der Waals surface area contributed by atoms with Crippen molar-refractivity contribution in [1.29, 1.82) is 0 Å². The molecular formula is C20H23ClN2O5. The van der Waals surface area contributed by atoms with Crippen molar-refractivity contribution in [3.63, 3.8) is 0 Å². The third-order valence-corrected chi connectivity index (χ3v) is 4.53. The largest absolute Gasteiger partial charge is 0.504 e. The van der Waals surface area contributed by atoms with Gasteiger partial charge in [-0.3, -0.25) is 9.59 Å². The van der Waals surface area contributed by atoms with E-state index in [9.17, 15) is 24.9 Å². The molecule has 150 valence electrons. The summed E-state index contributed by atoms with van der Waals surface area (Å²) in [4.78, 5) is 24.2. The number of phenolic OH excluding ortho intramolecular Hbond substituents is 2. The average Bonchev–Trinajstić information content (AvgIpc) is 2.68. The van der Waals surface area contributed by atoms with Gasteiger partial charge in [0.05, 0.1) is 28.8 Å². The lowest BCUT2D eigenvalue weighted by Gasteiger charge is -2.17. The summed E-state index contributed by atoms with van der Waals surface area (Å²) < 4.78 is 0. The van der Waals surface area contributed by atoms with Gasteiger partial charge in [-0.1, -0.05) is 29.8 Å². The molecular weight excluding hydrogens is 384 g/mol. The molecule has 0 fully saturated rings. The Labute approximate surface area is 168 Å². The first-order valence-electron chi connectivity index (χ1n) is 8.89. The standard InChI is InChI=1S/C20H23ClN2O5/c21-16-9-2-1-7-14(16)19(27)22-11-4-3-6-13(12-24)23-20(28)15-8-5-10-17(25)18(15)26/h1-2,5,7-10,13,24-26H,3-4,6,11-12H2,(H,22,27)(H,23,28)/t13-/m0/s1. The van der Waals surface area contributed by atoms with Gasteiger partial charge in [-0.15, -0.1) is 0 Å². The number of carbonyl (C=O) groups is 2. The Hall–Kier alpha value is -2.77. The minimum Gasteiger partial charge on any atom is -0.504 e. The number of aliphatic hydroxyl groups excluding tert-OH is 1. The summed E-state index contributed by atoms with van der Waals surface area (Å²) in [6.45, 7) is 0.167. The Morgan fingerprint density at radius 1 is 0.964 bits per heavy atom. The van der Waals surface area contributed by atoms with E-state index < -0.39 is 17.7 Å². The van der Waals surface area contributed by atoms with Crippen molar-refractivity contribution in [3.05, 3.63) is 58.6 Å². The molecule has 0 aliphatic carbocycles. The number of aliphatic hydroxyl groups is 1. The lowest BCUT2D eigenvalue weighted by molar-refractivity contribution is 0.0908. The van der Waals surface area contributed by atoms with Gasteiger partial charge in [-0.2, -0.15) is 0 Å². The van der Waals surface area contributed by atoms with Gasteiger partial charge in [0.1, 0.15) is 0 Å². The molecule has 8 heteroatoms. The number of hydrogen-bond donors (Lipinski definition) is 5. The van der Waals surface area contributed by atoms with E-state index in [-0.39, 0.29) is 23.8 Å². The second-order valence-electron chi connectivity index (χ2n) is 6.26. The fraction of sp³-hybridized carbons (Fsp3) is 0.300. The van der Waals surface area contributed by atoms with Crippen LogP contribution in [0.4, 0.5) is 0 Å². The number of carbonyl (C=O) groups excluding carboxylic acids is 2. The Morgan fingerprint density at radius 3 is 2.39 bits per heavy atom. The number of unbranched alkanes of at least 4 members (excludes halogenated alkanes) is 1. The number of para-hydroxylation sites is 1. The molecule has 7 nitrogen and oxygen atoms in total. The molecule has 2 aromatic carbocycles. The van der Waals surface area contributed by atoms with E-state index in [0.29, 0.717) is 36.4 Å². The summed E-state index contributed by atoms with van der Waals surface area (Å²) in [5.74, 6) is -1.72. The predicted octanol–water partition coefficient (Wildman–Crippen LogP) is 2.44. The zero-order valence-electron chi connectivity index (χ0n) is 15.2. The first kappa shape index (κ1) is 21.5. The van der Waals surface area contributed by atoms with Crippen LogP contribution in [0, 0.1) is 0 Å². The third kappa shape index (κ3) is 5.87. The van der Waals surface area contributed by atoms with Crippen molar-refractivity contribution in [1.82, 2.24) is 10.6 Å². The molecule has 0 saturated heterocycles. The molecule has 2 amide bonds. The van der Waals surface area contributed by atoms with E-state index >= 15 is 0 Å². The highest BCUT2D eigenvalue weighted by atomic mass is 35.5. The van der Waals surface area contributed by atoms with Crippen LogP contribution < -0.4 is 10.6 Å². The molecule has 0 spiro atoms. The quantitative estimate of drug-likeness (QED) is 0.324. The van der Waals surface area contributed by atoms with Crippen molar-refractivity contribution in [2.24, 2.45) is 0 Å². The number of hydrogen-bond acceptors (Lipinski definition) is 5. The van der Waals surface area contributed by atoms with Gasteiger partial charge < -0.3 is 26.0 Å². The van der Waals surface area contributed by atoms with Crippen molar-refractivity contribution < 1.29 is 24.9 Å². The van der Waals surface area contributed by atoms with Crippen LogP contribution in [0.15, 0.2) is 42.5 Å². The molecule has 2 rings (SSSR count). The van der Waals surface area contributed by atoms with Crippen LogP contribution in [0.3, 0.4) is 0 Å². The molecule has 0 aromatic heterocycles. The highest BCUT2D eigenvalue weighted by Gasteiger charge is 2.17. The van der Waals surface area contributed by atoms with Crippen LogP contribution in [-0.4, -0.2) is 46.3 Å². The van der Waals surface area contributed by atoms with Gasteiger partial charge >= 0.3 is 0 Å². The van der Waals surface area contributed by atoms with E-state index in [2.05, 4.69) is 10.6 Å². The van der Waals surface area contributed by atoms with E-state index in [1.54, 1.807) is 24.3 Å². The highest BCUT2D eigenvalue weighted by Crippen LogP contribution is 2.28. The molecule has 1 atom stereocenters. The fourth-order valence-electron chi connectivity index (χ4n) is 2.65. The zero-order chi connectivity index (χ0) is 20.5. The molecule has 0 bridgehead atoms. The highest BCUT2D eigenvalue weighted by molar-refractivity contribution is 6.33. The van der Waals surface area contributed by atoms with Crippen LogP contribution in [0.5, 0.6) is 11.5 Å². The minimum absolute atomic E-state index is 0.0644. The molecule has 0 aliphatic heterocycles. The van der Waals surface area contributed by atoms with Gasteiger partial charge in [0.25, 0.3) is 11.8 Å². The monoisotopic (exact) mass is 406 g/mol. The Morgan fingerprint density at radius 2 is 1.68 bits per heavy atom. The van der Waals surface area contributed by atoms with Crippen LogP contribution in [-0.2, 0) is 0 Å². The number of nitrogens with one attached hydrogen (secondary N) is 2. The van der Waals surface area contributed by atoms with Crippen LogP contribution in [0.1, 0.15) is 40.0 Å². The SMILES string of the molecule is O=C(NCCCC[C@@H](CO)NC(=O)c1cccc(O)c1O)c1ccccc1Cl. The van der Waals surface area contributed by atoms with Crippen molar-refractivity contribution >= 4 is 23.4 Å². The minimum atomic E-state index is -0.584. The van der Waals surface area contributed by atoms with Gasteiger partial charge in [-0.05, 0) is 43.5 Å². The van der Waals surface area contributed by atoms with E-state index in [0.717, 1.165) is 0 Å². The Bertz CT molecular complexity index is 828. The number of amides is 2. The summed E-state index contributed by atoms with van der Waals surface area (Å²) in [6.07, 6.45) is 1.80. The summed E-state index contributed by atoms with van der Waals surface area (Å²) in [6, 6.07) is 10.4. The Kier molecular flexibility index (Phi) is 8.10. The summed E-state index contributed by atoms with van der Waals surface area (Å²) >= 11 is 5.98. The van der Waals surface area contributed by atoms with Gasteiger partial charge in [0, 0.05) is 6.54 Å². The molecule has 0 radical (unpaired) electrons. The summed E-state index contributed by atoms with van der Waals surface area (Å²) in [7, 11) is 0. The molecule has 28 heavy (non-hydrogen) atoms. The normalized spacial score (nSPS) is 11.6. The van der Waals surface area contributed by atoms with Gasteiger partial charge in [0.2, 0.25) is 0 Å². The smallest absolute Gasteiger partial charge is 0.255 e. The third-order valence-electron chi connectivity index (χ3n) is 4.20. The molecule has 0 aliphatic rings.